The first kappa shape index (κ1) is 12.9. The van der Waals surface area contributed by atoms with Crippen molar-refractivity contribution < 1.29 is 9.47 Å². The first-order valence-corrected chi connectivity index (χ1v) is 6.59. The van der Waals surface area contributed by atoms with E-state index >= 15 is 0 Å². The van der Waals surface area contributed by atoms with Gasteiger partial charge in [0.25, 0.3) is 0 Å². The van der Waals surface area contributed by atoms with Crippen molar-refractivity contribution in [2.75, 3.05) is 26.1 Å². The molecule has 3 rings (SSSR count). The van der Waals surface area contributed by atoms with Crippen LogP contribution in [0.5, 0.6) is 5.75 Å². The molecule has 1 aliphatic heterocycles. The third-order valence-electron chi connectivity index (χ3n) is 3.46. The Morgan fingerprint density at radius 2 is 2.35 bits per heavy atom. The fourth-order valence-electron chi connectivity index (χ4n) is 2.42. The number of nitrogens with zero attached hydrogens (tertiary/aromatic N) is 4. The molecule has 2 heterocycles. The van der Waals surface area contributed by atoms with E-state index < -0.39 is 0 Å². The Hall–Kier alpha value is -2.15. The number of aromatic nitrogens is 4. The maximum Gasteiger partial charge on any atom is 0.182 e. The van der Waals surface area contributed by atoms with Gasteiger partial charge in [0.1, 0.15) is 5.75 Å². The van der Waals surface area contributed by atoms with Gasteiger partial charge >= 0.3 is 0 Å². The van der Waals surface area contributed by atoms with Crippen molar-refractivity contribution in [2.24, 2.45) is 0 Å². The SMILES string of the molecule is COc1ccc(-c2nnnn2C2CCCOC2)cc1N. The largest absolute Gasteiger partial charge is 0.495 e. The molecule has 7 heteroatoms. The molecule has 2 N–H and O–H groups in total. The predicted molar refractivity (Wildman–Crippen MR) is 73.3 cm³/mol. The maximum absolute atomic E-state index is 5.94. The molecule has 0 bridgehead atoms. The zero-order valence-electron chi connectivity index (χ0n) is 11.3. The highest BCUT2D eigenvalue weighted by Gasteiger charge is 2.21. The second-order valence-corrected chi connectivity index (χ2v) is 4.77. The molecule has 7 nitrogen and oxygen atoms in total. The van der Waals surface area contributed by atoms with E-state index in [0.717, 1.165) is 25.0 Å². The van der Waals surface area contributed by atoms with E-state index in [2.05, 4.69) is 15.5 Å². The Morgan fingerprint density at radius 1 is 1.45 bits per heavy atom. The molecule has 0 amide bonds. The number of nitrogen functional groups attached to an aromatic ring is 1. The zero-order valence-corrected chi connectivity index (χ0v) is 11.3. The Balaban J connectivity index is 1.94. The van der Waals surface area contributed by atoms with Crippen LogP contribution in [0, 0.1) is 0 Å². The van der Waals surface area contributed by atoms with Crippen LogP contribution in [0.2, 0.25) is 0 Å². The second kappa shape index (κ2) is 5.46. The van der Waals surface area contributed by atoms with Crippen molar-refractivity contribution in [3.63, 3.8) is 0 Å². The number of ether oxygens (including phenoxy) is 2. The van der Waals surface area contributed by atoms with Gasteiger partial charge in [0.05, 0.1) is 25.4 Å². The average Bonchev–Trinajstić information content (AvgIpc) is 2.97. The van der Waals surface area contributed by atoms with E-state index in [1.165, 1.54) is 0 Å². The highest BCUT2D eigenvalue weighted by atomic mass is 16.5. The Labute approximate surface area is 116 Å². The zero-order chi connectivity index (χ0) is 13.9. The summed E-state index contributed by atoms with van der Waals surface area (Å²) in [6.07, 6.45) is 2.04. The monoisotopic (exact) mass is 275 g/mol. The highest BCUT2D eigenvalue weighted by Crippen LogP contribution is 2.29. The third kappa shape index (κ3) is 2.32. The van der Waals surface area contributed by atoms with E-state index in [-0.39, 0.29) is 6.04 Å². The molecule has 0 saturated carbocycles. The molecule has 1 aliphatic rings. The quantitative estimate of drug-likeness (QED) is 0.849. The van der Waals surface area contributed by atoms with Crippen LogP contribution in [0.1, 0.15) is 18.9 Å². The summed E-state index contributed by atoms with van der Waals surface area (Å²) in [5.41, 5.74) is 7.38. The number of hydrogen-bond acceptors (Lipinski definition) is 6. The summed E-state index contributed by atoms with van der Waals surface area (Å²) in [6.45, 7) is 1.45. The number of methoxy groups -OCH3 is 1. The van der Waals surface area contributed by atoms with Crippen LogP contribution in [0.25, 0.3) is 11.4 Å². The molecule has 0 aliphatic carbocycles. The van der Waals surface area contributed by atoms with Crippen LogP contribution in [0.3, 0.4) is 0 Å². The number of tetrazole rings is 1. The van der Waals surface area contributed by atoms with Crippen LogP contribution >= 0.6 is 0 Å². The fourth-order valence-corrected chi connectivity index (χ4v) is 2.42. The van der Waals surface area contributed by atoms with Gasteiger partial charge in [-0.05, 0) is 41.5 Å². The number of rotatable bonds is 3. The number of hydrogen-bond donors (Lipinski definition) is 1. The molecule has 1 aromatic carbocycles. The summed E-state index contributed by atoms with van der Waals surface area (Å²) >= 11 is 0. The molecule has 106 valence electrons. The van der Waals surface area contributed by atoms with Crippen molar-refractivity contribution in [1.82, 2.24) is 20.2 Å². The minimum absolute atomic E-state index is 0.178. The van der Waals surface area contributed by atoms with Gasteiger partial charge in [-0.1, -0.05) is 0 Å². The highest BCUT2D eigenvalue weighted by molar-refractivity contribution is 5.66. The van der Waals surface area contributed by atoms with Crippen molar-refractivity contribution in [1.29, 1.82) is 0 Å². The predicted octanol–water partition coefficient (Wildman–Crippen LogP) is 1.28. The van der Waals surface area contributed by atoms with Crippen LogP contribution in [-0.4, -0.2) is 40.5 Å². The van der Waals surface area contributed by atoms with E-state index in [1.807, 2.05) is 22.9 Å². The Kier molecular flexibility index (Phi) is 3.51. The van der Waals surface area contributed by atoms with E-state index in [9.17, 15) is 0 Å². The summed E-state index contributed by atoms with van der Waals surface area (Å²) in [7, 11) is 1.59. The smallest absolute Gasteiger partial charge is 0.182 e. The molecule has 20 heavy (non-hydrogen) atoms. The molecule has 1 fully saturated rings. The minimum atomic E-state index is 0.178. The lowest BCUT2D eigenvalue weighted by Crippen LogP contribution is -2.23. The van der Waals surface area contributed by atoms with Gasteiger partial charge < -0.3 is 15.2 Å². The number of benzene rings is 1. The van der Waals surface area contributed by atoms with Gasteiger partial charge in [0, 0.05) is 12.2 Å². The lowest BCUT2D eigenvalue weighted by atomic mass is 10.1. The van der Waals surface area contributed by atoms with E-state index in [4.69, 9.17) is 15.2 Å². The van der Waals surface area contributed by atoms with Gasteiger partial charge in [-0.25, -0.2) is 4.68 Å². The van der Waals surface area contributed by atoms with Crippen LogP contribution in [0.4, 0.5) is 5.69 Å². The van der Waals surface area contributed by atoms with Gasteiger partial charge in [-0.3, -0.25) is 0 Å². The van der Waals surface area contributed by atoms with Crippen molar-refractivity contribution in [3.8, 4) is 17.1 Å². The molecular formula is C13H17N5O2. The second-order valence-electron chi connectivity index (χ2n) is 4.77. The molecular weight excluding hydrogens is 258 g/mol. The summed E-state index contributed by atoms with van der Waals surface area (Å²) in [5.74, 6) is 1.35. The maximum atomic E-state index is 5.94. The molecule has 0 radical (unpaired) electrons. The first-order valence-electron chi connectivity index (χ1n) is 6.59. The standard InChI is InChI=1S/C13H17N5O2/c1-19-12-5-4-9(7-11(12)14)13-15-16-17-18(13)10-3-2-6-20-8-10/h4-5,7,10H,2-3,6,8,14H2,1H3. The fraction of sp³-hybridized carbons (Fsp3) is 0.462. The van der Waals surface area contributed by atoms with Crippen LogP contribution < -0.4 is 10.5 Å². The summed E-state index contributed by atoms with van der Waals surface area (Å²) in [5, 5.41) is 12.0. The lowest BCUT2D eigenvalue weighted by Gasteiger charge is -2.22. The Bertz CT molecular complexity index is 592. The first-order chi connectivity index (χ1) is 9.79. The normalized spacial score (nSPS) is 18.9. The Morgan fingerprint density at radius 3 is 3.05 bits per heavy atom. The summed E-state index contributed by atoms with van der Waals surface area (Å²) in [4.78, 5) is 0. The van der Waals surface area contributed by atoms with E-state index in [0.29, 0.717) is 23.9 Å². The van der Waals surface area contributed by atoms with Gasteiger partial charge in [0.15, 0.2) is 5.82 Å². The summed E-state index contributed by atoms with van der Waals surface area (Å²) in [6, 6.07) is 5.73. The molecule has 1 aromatic heterocycles. The van der Waals surface area contributed by atoms with Gasteiger partial charge in [-0.2, -0.15) is 0 Å². The average molecular weight is 275 g/mol. The third-order valence-corrected chi connectivity index (χ3v) is 3.46. The van der Waals surface area contributed by atoms with Crippen molar-refractivity contribution in [2.45, 2.75) is 18.9 Å². The van der Waals surface area contributed by atoms with Crippen molar-refractivity contribution in [3.05, 3.63) is 18.2 Å². The number of nitrogens with two attached hydrogens (primary N) is 1. The minimum Gasteiger partial charge on any atom is -0.495 e. The molecule has 0 spiro atoms. The molecule has 1 saturated heterocycles. The molecule has 1 atom stereocenters. The topological polar surface area (TPSA) is 88.1 Å². The number of anilines is 1. The van der Waals surface area contributed by atoms with Gasteiger partial charge in [0.2, 0.25) is 0 Å². The van der Waals surface area contributed by atoms with E-state index in [1.54, 1.807) is 7.11 Å². The molecule has 1 unspecified atom stereocenters. The summed E-state index contributed by atoms with van der Waals surface area (Å²) < 4.78 is 12.5. The van der Waals surface area contributed by atoms with Crippen molar-refractivity contribution >= 4 is 5.69 Å². The van der Waals surface area contributed by atoms with Gasteiger partial charge in [-0.15, -0.1) is 5.10 Å². The lowest BCUT2D eigenvalue weighted by molar-refractivity contribution is 0.0548. The molecule has 2 aromatic rings. The van der Waals surface area contributed by atoms with Crippen LogP contribution in [-0.2, 0) is 4.74 Å². The van der Waals surface area contributed by atoms with Crippen LogP contribution in [0.15, 0.2) is 18.2 Å².